The quantitative estimate of drug-likeness (QED) is 0.431. The molecular weight excluding hydrogens is 411 g/mol. The number of aromatic nitrogens is 3. The maximum Gasteiger partial charge on any atom is 0.263 e. The molecule has 23 heavy (non-hydrogen) atoms. The number of rotatable bonds is 5. The van der Waals surface area contributed by atoms with Crippen LogP contribution in [0.5, 0.6) is 11.5 Å². The largest absolute Gasteiger partial charge is 0.493 e. The molecule has 0 aliphatic heterocycles. The molecule has 0 saturated carbocycles. The minimum atomic E-state index is 0. The molecule has 1 heterocycles. The summed E-state index contributed by atoms with van der Waals surface area (Å²) < 4.78 is 12.6. The van der Waals surface area contributed by atoms with Gasteiger partial charge in [0.1, 0.15) is 0 Å². The Morgan fingerprint density at radius 2 is 1.83 bits per heavy atom. The summed E-state index contributed by atoms with van der Waals surface area (Å²) in [4.78, 5) is 0. The number of nitrogens with two attached hydrogens (primary N) is 1. The molecule has 0 unspecified atom stereocenters. The second-order valence-corrected chi connectivity index (χ2v) is 4.89. The molecule has 0 spiro atoms. The maximum absolute atomic E-state index is 5.70. The average Bonchev–Trinajstić information content (AvgIpc) is 2.80. The molecule has 3 N–H and O–H groups in total. The molecule has 0 aliphatic carbocycles. The van der Waals surface area contributed by atoms with Gasteiger partial charge in [0.25, 0.3) is 5.95 Å². The van der Waals surface area contributed by atoms with Crippen LogP contribution in [-0.2, 0) is 0 Å². The zero-order valence-electron chi connectivity index (χ0n) is 12.6. The fraction of sp³-hybridized carbons (Fsp3) is 0.250. The third-order valence-electron chi connectivity index (χ3n) is 2.74. The second-order valence-electron chi connectivity index (χ2n) is 4.04. The Bertz CT molecular complexity index is 680. The van der Waals surface area contributed by atoms with E-state index in [2.05, 4.69) is 36.7 Å². The molecule has 0 radical (unpaired) electrons. The third-order valence-corrected chi connectivity index (χ3v) is 3.42. The van der Waals surface area contributed by atoms with Gasteiger partial charge in [-0.3, -0.25) is 0 Å². The number of nitrogen functional groups attached to an aromatic ring is 1. The summed E-state index contributed by atoms with van der Waals surface area (Å²) in [6.07, 6.45) is 1.61. The standard InChI is InChI=1S/C12H15BrN6O2.2ClH/c1-7-16-18-12(19(7)14)17-15-6-8-4-10(20-2)11(21-3)5-9(8)13;;/h4-6H,14H2,1-3H3,(H,17,18);2*1H. The lowest BCUT2D eigenvalue weighted by Gasteiger charge is -2.09. The predicted octanol–water partition coefficient (Wildman–Crippen LogP) is 2.37. The highest BCUT2D eigenvalue weighted by molar-refractivity contribution is 9.10. The first kappa shape index (κ1) is 21.3. The van der Waals surface area contributed by atoms with Gasteiger partial charge in [-0.25, -0.2) is 10.1 Å². The number of methoxy groups -OCH3 is 2. The molecule has 128 valence electrons. The van der Waals surface area contributed by atoms with E-state index in [0.29, 0.717) is 23.3 Å². The van der Waals surface area contributed by atoms with Crippen molar-refractivity contribution in [3.05, 3.63) is 28.0 Å². The number of benzene rings is 1. The van der Waals surface area contributed by atoms with Crippen molar-refractivity contribution in [3.63, 3.8) is 0 Å². The zero-order valence-corrected chi connectivity index (χ0v) is 15.8. The van der Waals surface area contributed by atoms with Crippen molar-refractivity contribution in [2.45, 2.75) is 6.92 Å². The number of hydrogen-bond acceptors (Lipinski definition) is 7. The van der Waals surface area contributed by atoms with Gasteiger partial charge in [0.05, 0.1) is 20.4 Å². The van der Waals surface area contributed by atoms with E-state index in [4.69, 9.17) is 15.3 Å². The molecule has 0 bridgehead atoms. The number of ether oxygens (including phenoxy) is 2. The minimum Gasteiger partial charge on any atom is -0.493 e. The molecule has 2 rings (SSSR count). The summed E-state index contributed by atoms with van der Waals surface area (Å²) in [7, 11) is 3.15. The molecule has 1 aromatic heterocycles. The molecular formula is C12H17BrCl2N6O2. The Kier molecular flexibility index (Phi) is 8.73. The van der Waals surface area contributed by atoms with Crippen LogP contribution in [0.15, 0.2) is 21.7 Å². The van der Waals surface area contributed by atoms with E-state index in [0.717, 1.165) is 10.0 Å². The van der Waals surface area contributed by atoms with Crippen LogP contribution >= 0.6 is 40.7 Å². The summed E-state index contributed by atoms with van der Waals surface area (Å²) in [5, 5.41) is 11.7. The van der Waals surface area contributed by atoms with Gasteiger partial charge >= 0.3 is 0 Å². The number of aryl methyl sites for hydroxylation is 1. The maximum atomic E-state index is 5.70. The van der Waals surface area contributed by atoms with Crippen molar-refractivity contribution in [1.82, 2.24) is 14.9 Å². The first-order valence-electron chi connectivity index (χ1n) is 5.94. The normalized spacial score (nSPS) is 9.91. The van der Waals surface area contributed by atoms with Gasteiger partial charge < -0.3 is 15.3 Å². The van der Waals surface area contributed by atoms with Crippen molar-refractivity contribution in [2.75, 3.05) is 25.5 Å². The Balaban J connectivity index is 0.00000242. The fourth-order valence-electron chi connectivity index (χ4n) is 1.57. The Morgan fingerprint density at radius 3 is 2.35 bits per heavy atom. The van der Waals surface area contributed by atoms with Crippen LogP contribution in [0.4, 0.5) is 5.95 Å². The van der Waals surface area contributed by atoms with E-state index in [9.17, 15) is 0 Å². The van der Waals surface area contributed by atoms with Gasteiger partial charge in [0, 0.05) is 10.0 Å². The zero-order chi connectivity index (χ0) is 15.4. The minimum absolute atomic E-state index is 0. The summed E-state index contributed by atoms with van der Waals surface area (Å²) in [5.41, 5.74) is 3.52. The fourth-order valence-corrected chi connectivity index (χ4v) is 2.00. The van der Waals surface area contributed by atoms with Crippen molar-refractivity contribution < 1.29 is 9.47 Å². The Labute approximate surface area is 154 Å². The van der Waals surface area contributed by atoms with Crippen LogP contribution in [0.3, 0.4) is 0 Å². The summed E-state index contributed by atoms with van der Waals surface area (Å²) in [6.45, 7) is 1.74. The number of hydrogen-bond donors (Lipinski definition) is 2. The summed E-state index contributed by atoms with van der Waals surface area (Å²) >= 11 is 3.44. The molecule has 0 amide bonds. The van der Waals surface area contributed by atoms with Crippen molar-refractivity contribution >= 4 is 52.9 Å². The highest BCUT2D eigenvalue weighted by Gasteiger charge is 2.08. The van der Waals surface area contributed by atoms with E-state index in [1.54, 1.807) is 39.5 Å². The van der Waals surface area contributed by atoms with Gasteiger partial charge in [-0.1, -0.05) is 0 Å². The van der Waals surface area contributed by atoms with Crippen LogP contribution in [0.2, 0.25) is 0 Å². The SMILES string of the molecule is COc1cc(Br)c(C=NNc2nnc(C)n2N)cc1OC.Cl.Cl. The molecule has 2 aromatic rings. The number of nitrogens with zero attached hydrogens (tertiary/aromatic N) is 4. The highest BCUT2D eigenvalue weighted by atomic mass is 79.9. The van der Waals surface area contributed by atoms with E-state index in [-0.39, 0.29) is 24.8 Å². The van der Waals surface area contributed by atoms with Crippen molar-refractivity contribution in [2.24, 2.45) is 5.10 Å². The molecule has 0 saturated heterocycles. The summed E-state index contributed by atoms with van der Waals surface area (Å²) in [5.74, 6) is 7.88. The van der Waals surface area contributed by atoms with E-state index in [1.807, 2.05) is 0 Å². The van der Waals surface area contributed by atoms with E-state index >= 15 is 0 Å². The number of anilines is 1. The lowest BCUT2D eigenvalue weighted by Crippen LogP contribution is -2.13. The first-order valence-corrected chi connectivity index (χ1v) is 6.73. The van der Waals surface area contributed by atoms with Crippen LogP contribution < -0.4 is 20.7 Å². The smallest absolute Gasteiger partial charge is 0.263 e. The molecule has 0 fully saturated rings. The van der Waals surface area contributed by atoms with Gasteiger partial charge in [-0.05, 0) is 35.0 Å². The molecule has 1 aromatic carbocycles. The van der Waals surface area contributed by atoms with Crippen LogP contribution in [0.25, 0.3) is 0 Å². The lowest BCUT2D eigenvalue weighted by molar-refractivity contribution is 0.354. The molecule has 0 aliphatic rings. The van der Waals surface area contributed by atoms with Gasteiger partial charge in [-0.15, -0.1) is 35.0 Å². The Hall–Kier alpha value is -1.71. The van der Waals surface area contributed by atoms with Crippen molar-refractivity contribution in [3.8, 4) is 11.5 Å². The monoisotopic (exact) mass is 426 g/mol. The Morgan fingerprint density at radius 1 is 1.22 bits per heavy atom. The van der Waals surface area contributed by atoms with Crippen LogP contribution in [0, 0.1) is 6.92 Å². The predicted molar refractivity (Wildman–Crippen MR) is 97.9 cm³/mol. The number of nitrogens with one attached hydrogen (secondary N) is 1. The second kappa shape index (κ2) is 9.43. The van der Waals surface area contributed by atoms with Gasteiger partial charge in [0.15, 0.2) is 17.3 Å². The van der Waals surface area contributed by atoms with Crippen molar-refractivity contribution in [1.29, 1.82) is 0 Å². The third kappa shape index (κ3) is 4.88. The van der Waals surface area contributed by atoms with Gasteiger partial charge in [-0.2, -0.15) is 5.10 Å². The number of hydrazone groups is 1. The number of halogens is 3. The van der Waals surface area contributed by atoms with Gasteiger partial charge in [0.2, 0.25) is 0 Å². The van der Waals surface area contributed by atoms with E-state index < -0.39 is 0 Å². The van der Waals surface area contributed by atoms with E-state index in [1.165, 1.54) is 4.68 Å². The molecule has 8 nitrogen and oxygen atoms in total. The topological polar surface area (TPSA) is 99.6 Å². The molecule has 0 atom stereocenters. The average molecular weight is 428 g/mol. The summed E-state index contributed by atoms with van der Waals surface area (Å²) in [6, 6.07) is 3.60. The first-order chi connectivity index (χ1) is 10.1. The van der Waals surface area contributed by atoms with Crippen LogP contribution in [0.1, 0.15) is 11.4 Å². The molecule has 11 heteroatoms. The van der Waals surface area contributed by atoms with Crippen LogP contribution in [-0.4, -0.2) is 35.3 Å². The highest BCUT2D eigenvalue weighted by Crippen LogP contribution is 2.32. The lowest BCUT2D eigenvalue weighted by atomic mass is 10.2.